The number of anilines is 1. The van der Waals surface area contributed by atoms with Crippen LogP contribution in [-0.2, 0) is 4.79 Å². The lowest BCUT2D eigenvalue weighted by molar-refractivity contribution is -0.113. The van der Waals surface area contributed by atoms with E-state index in [0.717, 1.165) is 42.6 Å². The summed E-state index contributed by atoms with van der Waals surface area (Å²) in [5.74, 6) is -4.13. The molecule has 9 heteroatoms. The van der Waals surface area contributed by atoms with Crippen molar-refractivity contribution in [1.82, 2.24) is 14.8 Å². The van der Waals surface area contributed by atoms with Crippen molar-refractivity contribution < 1.29 is 18.0 Å². The van der Waals surface area contributed by atoms with Crippen molar-refractivity contribution in [1.29, 1.82) is 0 Å². The van der Waals surface area contributed by atoms with Crippen LogP contribution in [0.1, 0.15) is 24.7 Å². The minimum Gasteiger partial charge on any atom is -0.323 e. The van der Waals surface area contributed by atoms with Crippen LogP contribution in [0.15, 0.2) is 17.3 Å². The van der Waals surface area contributed by atoms with Gasteiger partial charge in [-0.1, -0.05) is 11.8 Å². The predicted octanol–water partition coefficient (Wildman–Crippen LogP) is 3.07. The Balaban J connectivity index is 1.63. The van der Waals surface area contributed by atoms with Gasteiger partial charge in [-0.25, -0.2) is 13.2 Å². The van der Waals surface area contributed by atoms with E-state index in [0.29, 0.717) is 11.2 Å². The molecule has 1 fully saturated rings. The molecule has 1 aromatic heterocycles. The molecule has 1 amide bonds. The summed E-state index contributed by atoms with van der Waals surface area (Å²) in [5.41, 5.74) is -0.394. The molecule has 1 N–H and O–H groups in total. The van der Waals surface area contributed by atoms with Crippen LogP contribution in [0.4, 0.5) is 18.9 Å². The fourth-order valence-corrected chi connectivity index (χ4v) is 2.99. The molecular formula is C14H13F3N4OS. The molecule has 0 unspecified atom stereocenters. The van der Waals surface area contributed by atoms with Crippen molar-refractivity contribution in [3.8, 4) is 0 Å². The fraction of sp³-hybridized carbons (Fsp3) is 0.357. The zero-order valence-corrected chi connectivity index (χ0v) is 13.0. The Bertz CT molecular complexity index is 761. The van der Waals surface area contributed by atoms with Gasteiger partial charge in [0.15, 0.2) is 22.6 Å². The van der Waals surface area contributed by atoms with E-state index in [1.807, 2.05) is 11.5 Å². The lowest BCUT2D eigenvalue weighted by Crippen LogP contribution is -2.16. The maximum absolute atomic E-state index is 13.5. The van der Waals surface area contributed by atoms with E-state index in [-0.39, 0.29) is 5.75 Å². The Morgan fingerprint density at radius 3 is 2.74 bits per heavy atom. The van der Waals surface area contributed by atoms with Gasteiger partial charge in [0, 0.05) is 6.04 Å². The smallest absolute Gasteiger partial charge is 0.234 e. The van der Waals surface area contributed by atoms with Crippen molar-refractivity contribution in [2.75, 3.05) is 11.1 Å². The van der Waals surface area contributed by atoms with Gasteiger partial charge in [-0.3, -0.25) is 4.79 Å². The summed E-state index contributed by atoms with van der Waals surface area (Å²) in [7, 11) is 0. The van der Waals surface area contributed by atoms with Crippen LogP contribution in [0.3, 0.4) is 0 Å². The zero-order chi connectivity index (χ0) is 16.6. The number of benzene rings is 1. The number of hydrogen-bond acceptors (Lipinski definition) is 4. The number of aromatic nitrogens is 3. The number of halogens is 3. The zero-order valence-electron chi connectivity index (χ0n) is 12.1. The number of rotatable bonds is 5. The van der Waals surface area contributed by atoms with Crippen LogP contribution in [-0.4, -0.2) is 26.4 Å². The van der Waals surface area contributed by atoms with Gasteiger partial charge < -0.3 is 9.88 Å². The first-order chi connectivity index (χ1) is 11.0. The fourth-order valence-electron chi connectivity index (χ4n) is 2.14. The molecule has 122 valence electrons. The van der Waals surface area contributed by atoms with Gasteiger partial charge >= 0.3 is 0 Å². The molecule has 1 aromatic carbocycles. The molecule has 0 saturated heterocycles. The highest BCUT2D eigenvalue weighted by Gasteiger charge is 2.28. The molecule has 5 nitrogen and oxygen atoms in total. The second-order valence-electron chi connectivity index (χ2n) is 5.19. The molecule has 3 rings (SSSR count). The molecule has 1 aliphatic carbocycles. The first-order valence-corrected chi connectivity index (χ1v) is 7.93. The summed E-state index contributed by atoms with van der Waals surface area (Å²) in [5, 5.41) is 10.8. The van der Waals surface area contributed by atoms with Gasteiger partial charge in [-0.2, -0.15) is 0 Å². The normalized spacial score (nSPS) is 14.1. The van der Waals surface area contributed by atoms with Gasteiger partial charge in [-0.15, -0.1) is 10.2 Å². The number of carbonyl (C=O) groups excluding carboxylic acids is 1. The third kappa shape index (κ3) is 3.34. The predicted molar refractivity (Wildman–Crippen MR) is 78.7 cm³/mol. The minimum atomic E-state index is -1.61. The van der Waals surface area contributed by atoms with E-state index in [4.69, 9.17) is 0 Å². The van der Waals surface area contributed by atoms with Gasteiger partial charge in [0.1, 0.15) is 5.82 Å². The largest absolute Gasteiger partial charge is 0.323 e. The molecular weight excluding hydrogens is 329 g/mol. The molecule has 2 aromatic rings. The van der Waals surface area contributed by atoms with Gasteiger partial charge in [0.2, 0.25) is 5.91 Å². The van der Waals surface area contributed by atoms with Crippen molar-refractivity contribution in [2.24, 2.45) is 0 Å². The lowest BCUT2D eigenvalue weighted by Gasteiger charge is -2.08. The highest BCUT2D eigenvalue weighted by atomic mass is 32.2. The number of amides is 1. The van der Waals surface area contributed by atoms with Gasteiger partial charge in [0.05, 0.1) is 11.4 Å². The van der Waals surface area contributed by atoms with Crippen molar-refractivity contribution >= 4 is 23.4 Å². The van der Waals surface area contributed by atoms with E-state index in [1.54, 1.807) is 0 Å². The Kier molecular flexibility index (Phi) is 4.29. The standard InChI is InChI=1S/C14H13F3N4OS/c1-7-19-20-14(21(7)8-2-3-8)23-6-11(22)18-10-5-4-9(15)12(16)13(10)17/h4-5,8H,2-3,6H2,1H3,(H,18,22). The number of hydrogen-bond donors (Lipinski definition) is 1. The molecule has 0 spiro atoms. The third-order valence-corrected chi connectivity index (χ3v) is 4.33. The number of nitrogens with zero attached hydrogens (tertiary/aromatic N) is 3. The molecule has 0 aliphatic heterocycles. The topological polar surface area (TPSA) is 59.8 Å². The Morgan fingerprint density at radius 1 is 1.30 bits per heavy atom. The maximum atomic E-state index is 13.5. The molecule has 23 heavy (non-hydrogen) atoms. The monoisotopic (exact) mass is 342 g/mol. The van der Waals surface area contributed by atoms with E-state index >= 15 is 0 Å². The summed E-state index contributed by atoms with van der Waals surface area (Å²) in [6, 6.07) is 2.11. The Labute approximate surface area is 134 Å². The number of carbonyl (C=O) groups is 1. The molecule has 1 saturated carbocycles. The van der Waals surface area contributed by atoms with Crippen LogP contribution in [0.2, 0.25) is 0 Å². The van der Waals surface area contributed by atoms with E-state index < -0.39 is 29.0 Å². The third-order valence-electron chi connectivity index (χ3n) is 3.39. The molecule has 1 aliphatic rings. The first kappa shape index (κ1) is 15.9. The summed E-state index contributed by atoms with van der Waals surface area (Å²) >= 11 is 1.16. The lowest BCUT2D eigenvalue weighted by atomic mass is 10.3. The highest BCUT2D eigenvalue weighted by molar-refractivity contribution is 7.99. The molecule has 0 radical (unpaired) electrons. The molecule has 1 heterocycles. The summed E-state index contributed by atoms with van der Waals surface area (Å²) < 4.78 is 41.4. The molecule has 0 atom stereocenters. The summed E-state index contributed by atoms with van der Waals surface area (Å²) in [6.07, 6.45) is 2.11. The van der Waals surface area contributed by atoms with Crippen LogP contribution in [0, 0.1) is 24.4 Å². The molecule has 0 bridgehead atoms. The Hall–Kier alpha value is -2.03. The Morgan fingerprint density at radius 2 is 2.04 bits per heavy atom. The number of nitrogens with one attached hydrogen (secondary N) is 1. The second-order valence-corrected chi connectivity index (χ2v) is 6.13. The number of aryl methyl sites for hydroxylation is 1. The maximum Gasteiger partial charge on any atom is 0.234 e. The van der Waals surface area contributed by atoms with Gasteiger partial charge in [0.25, 0.3) is 0 Å². The quantitative estimate of drug-likeness (QED) is 0.670. The average Bonchev–Trinajstić information content (AvgIpc) is 3.29. The van der Waals surface area contributed by atoms with Crippen LogP contribution >= 0.6 is 11.8 Å². The summed E-state index contributed by atoms with van der Waals surface area (Å²) in [4.78, 5) is 11.9. The van der Waals surface area contributed by atoms with E-state index in [2.05, 4.69) is 15.5 Å². The van der Waals surface area contributed by atoms with Crippen LogP contribution in [0.25, 0.3) is 0 Å². The second kappa shape index (κ2) is 6.23. The first-order valence-electron chi connectivity index (χ1n) is 6.95. The minimum absolute atomic E-state index is 0.0384. The summed E-state index contributed by atoms with van der Waals surface area (Å²) in [6.45, 7) is 1.84. The van der Waals surface area contributed by atoms with E-state index in [9.17, 15) is 18.0 Å². The van der Waals surface area contributed by atoms with Crippen molar-refractivity contribution in [3.63, 3.8) is 0 Å². The van der Waals surface area contributed by atoms with E-state index in [1.165, 1.54) is 0 Å². The van der Waals surface area contributed by atoms with Crippen molar-refractivity contribution in [3.05, 3.63) is 35.4 Å². The highest BCUT2D eigenvalue weighted by Crippen LogP contribution is 2.38. The SMILES string of the molecule is Cc1nnc(SCC(=O)Nc2ccc(F)c(F)c2F)n1C1CC1. The van der Waals surface area contributed by atoms with Crippen LogP contribution < -0.4 is 5.32 Å². The van der Waals surface area contributed by atoms with Crippen molar-refractivity contribution in [2.45, 2.75) is 31.0 Å². The van der Waals surface area contributed by atoms with Gasteiger partial charge in [-0.05, 0) is 31.9 Å². The van der Waals surface area contributed by atoms with Crippen LogP contribution in [0.5, 0.6) is 0 Å². The number of thioether (sulfide) groups is 1. The average molecular weight is 342 g/mol.